The number of carbonyl (C=O) groups excluding carboxylic acids is 2. The molecule has 3 aromatic carbocycles. The summed E-state index contributed by atoms with van der Waals surface area (Å²) in [7, 11) is 0. The summed E-state index contributed by atoms with van der Waals surface area (Å²) in [6.07, 6.45) is -3.30. The van der Waals surface area contributed by atoms with Gasteiger partial charge in [-0.3, -0.25) is 9.59 Å². The predicted octanol–water partition coefficient (Wildman–Crippen LogP) is 6.19. The zero-order valence-corrected chi connectivity index (χ0v) is 19.4. The van der Waals surface area contributed by atoms with Crippen molar-refractivity contribution in [2.24, 2.45) is 0 Å². The number of nitrogens with one attached hydrogen (secondary N) is 2. The van der Waals surface area contributed by atoms with E-state index >= 15 is 0 Å². The van der Waals surface area contributed by atoms with Gasteiger partial charge in [-0.15, -0.1) is 0 Å². The Morgan fingerprint density at radius 1 is 0.833 bits per heavy atom. The lowest BCUT2D eigenvalue weighted by atomic mass is 10.0. The lowest BCUT2D eigenvalue weighted by Gasteiger charge is -2.13. The van der Waals surface area contributed by atoms with Crippen LogP contribution in [0.1, 0.15) is 46.8 Å². The van der Waals surface area contributed by atoms with E-state index in [-0.39, 0.29) is 28.4 Å². The molecule has 0 saturated carbocycles. The normalized spacial score (nSPS) is 11.8. The van der Waals surface area contributed by atoms with Gasteiger partial charge in [0.25, 0.3) is 11.8 Å². The molecule has 0 spiro atoms. The van der Waals surface area contributed by atoms with Gasteiger partial charge in [0.05, 0.1) is 11.1 Å². The highest BCUT2D eigenvalue weighted by molar-refractivity contribution is 6.28. The number of hydrogen-bond donors (Lipinski definition) is 3. The van der Waals surface area contributed by atoms with Gasteiger partial charge in [-0.25, -0.2) is 4.79 Å². The molecule has 0 fully saturated rings. The molecule has 9 heteroatoms. The fourth-order valence-corrected chi connectivity index (χ4v) is 3.28. The Morgan fingerprint density at radius 3 is 1.92 bits per heavy atom. The molecule has 2 amide bonds. The van der Waals surface area contributed by atoms with Crippen molar-refractivity contribution in [1.82, 2.24) is 0 Å². The molecular formula is C27H23F3N2O4. The fraction of sp³-hybridized carbons (Fsp3) is 0.148. The van der Waals surface area contributed by atoms with Crippen molar-refractivity contribution in [1.29, 1.82) is 0 Å². The first-order valence-electron chi connectivity index (χ1n) is 10.9. The fourth-order valence-electron chi connectivity index (χ4n) is 3.28. The Bertz CT molecular complexity index is 1310. The van der Waals surface area contributed by atoms with E-state index in [1.807, 2.05) is 26.0 Å². The number of amides is 2. The average Bonchev–Trinajstić information content (AvgIpc) is 2.82. The Labute approximate surface area is 205 Å². The summed E-state index contributed by atoms with van der Waals surface area (Å²) in [6.45, 7) is 4.02. The second kappa shape index (κ2) is 10.9. The third kappa shape index (κ3) is 6.82. The van der Waals surface area contributed by atoms with Gasteiger partial charge >= 0.3 is 12.1 Å². The van der Waals surface area contributed by atoms with Crippen molar-refractivity contribution in [3.05, 3.63) is 101 Å². The number of carboxylic acid groups (broad SMARTS) is 1. The highest BCUT2D eigenvalue weighted by Crippen LogP contribution is 2.31. The molecule has 0 aromatic heterocycles. The number of benzene rings is 3. The van der Waals surface area contributed by atoms with E-state index in [1.165, 1.54) is 36.4 Å². The number of anilines is 2. The van der Waals surface area contributed by atoms with E-state index in [9.17, 15) is 32.7 Å². The largest absolute Gasteiger partial charge is 0.478 e. The van der Waals surface area contributed by atoms with Crippen LogP contribution in [0.2, 0.25) is 0 Å². The molecule has 0 aliphatic heterocycles. The molecule has 6 nitrogen and oxygen atoms in total. The number of alkyl halides is 3. The quantitative estimate of drug-likeness (QED) is 0.207. The average molecular weight is 496 g/mol. The van der Waals surface area contributed by atoms with Gasteiger partial charge in [0.2, 0.25) is 0 Å². The van der Waals surface area contributed by atoms with Crippen LogP contribution in [-0.4, -0.2) is 22.9 Å². The smallest absolute Gasteiger partial charge is 0.416 e. The third-order valence-corrected chi connectivity index (χ3v) is 5.22. The first-order valence-corrected chi connectivity index (χ1v) is 10.9. The van der Waals surface area contributed by atoms with E-state index < -0.39 is 29.5 Å². The van der Waals surface area contributed by atoms with Gasteiger partial charge < -0.3 is 15.7 Å². The number of halogens is 3. The summed E-state index contributed by atoms with van der Waals surface area (Å²) < 4.78 is 39.2. The molecule has 0 radical (unpaired) electrons. The van der Waals surface area contributed by atoms with E-state index in [0.717, 1.165) is 23.8 Å². The van der Waals surface area contributed by atoms with Crippen LogP contribution in [0.5, 0.6) is 0 Å². The van der Waals surface area contributed by atoms with Crippen molar-refractivity contribution >= 4 is 35.2 Å². The Morgan fingerprint density at radius 2 is 1.39 bits per heavy atom. The minimum Gasteiger partial charge on any atom is -0.478 e. The van der Waals surface area contributed by atoms with Gasteiger partial charge in [-0.1, -0.05) is 50.2 Å². The monoisotopic (exact) mass is 496 g/mol. The second-order valence-corrected chi connectivity index (χ2v) is 8.25. The van der Waals surface area contributed by atoms with E-state index in [1.54, 1.807) is 12.1 Å². The van der Waals surface area contributed by atoms with Crippen molar-refractivity contribution in [2.75, 3.05) is 10.6 Å². The van der Waals surface area contributed by atoms with Crippen molar-refractivity contribution in [2.45, 2.75) is 25.9 Å². The molecule has 0 saturated heterocycles. The van der Waals surface area contributed by atoms with Crippen LogP contribution in [0.3, 0.4) is 0 Å². The second-order valence-electron chi connectivity index (χ2n) is 8.25. The van der Waals surface area contributed by atoms with Crippen molar-refractivity contribution in [3.63, 3.8) is 0 Å². The molecule has 3 rings (SSSR count). The van der Waals surface area contributed by atoms with E-state index in [0.29, 0.717) is 5.56 Å². The molecule has 3 N–H and O–H groups in total. The van der Waals surface area contributed by atoms with Gasteiger partial charge in [0, 0.05) is 11.4 Å². The highest BCUT2D eigenvalue weighted by Gasteiger charge is 2.30. The lowest BCUT2D eigenvalue weighted by molar-refractivity contribution is -0.137. The number of aromatic carboxylic acids is 1. The molecule has 0 heterocycles. The van der Waals surface area contributed by atoms with E-state index in [4.69, 9.17) is 0 Å². The van der Waals surface area contributed by atoms with Gasteiger partial charge in [-0.05, 0) is 59.5 Å². The maximum absolute atomic E-state index is 13.1. The summed E-state index contributed by atoms with van der Waals surface area (Å²) in [5.74, 6) is -2.74. The summed E-state index contributed by atoms with van der Waals surface area (Å²) in [4.78, 5) is 37.3. The first kappa shape index (κ1) is 26.2. The Balaban J connectivity index is 1.95. The topological polar surface area (TPSA) is 95.5 Å². The number of carbonyl (C=O) groups is 3. The Hall–Kier alpha value is -4.40. The minimum atomic E-state index is -4.61. The third-order valence-electron chi connectivity index (χ3n) is 5.22. The van der Waals surface area contributed by atoms with Crippen LogP contribution in [-0.2, 0) is 15.8 Å². The molecule has 0 aliphatic carbocycles. The predicted molar refractivity (Wildman–Crippen MR) is 131 cm³/mol. The summed E-state index contributed by atoms with van der Waals surface area (Å²) in [5, 5.41) is 14.0. The first-order chi connectivity index (χ1) is 16.9. The standard InChI is InChI=1S/C27H23F3N2O4/c1-16(2)18-11-9-17(10-12-18)13-23(24(33)31-21-7-3-5-19(14-21)26(35)36)25(34)32-22-8-4-6-20(15-22)27(28,29)30/h3-16H,1-2H3,(H,31,33)(H,32,34)(H,35,36)/b23-13-. The number of rotatable bonds is 7. The molecule has 0 unspecified atom stereocenters. The van der Waals surface area contributed by atoms with Crippen LogP contribution >= 0.6 is 0 Å². The van der Waals surface area contributed by atoms with E-state index in [2.05, 4.69) is 10.6 Å². The molecular weight excluding hydrogens is 473 g/mol. The van der Waals surface area contributed by atoms with Crippen LogP contribution in [0.15, 0.2) is 78.4 Å². The zero-order valence-electron chi connectivity index (χ0n) is 19.4. The lowest BCUT2D eigenvalue weighted by Crippen LogP contribution is -2.25. The van der Waals surface area contributed by atoms with Crippen molar-refractivity contribution in [3.8, 4) is 0 Å². The summed E-state index contributed by atoms with van der Waals surface area (Å²) in [5.41, 5.74) is 0.135. The van der Waals surface area contributed by atoms with Gasteiger partial charge in [0.1, 0.15) is 5.57 Å². The molecule has 0 aliphatic rings. The van der Waals surface area contributed by atoms with Crippen LogP contribution < -0.4 is 10.6 Å². The maximum atomic E-state index is 13.1. The van der Waals surface area contributed by atoms with Crippen LogP contribution in [0.25, 0.3) is 6.08 Å². The molecule has 186 valence electrons. The van der Waals surface area contributed by atoms with Gasteiger partial charge in [0.15, 0.2) is 0 Å². The highest BCUT2D eigenvalue weighted by atomic mass is 19.4. The van der Waals surface area contributed by atoms with Crippen LogP contribution in [0, 0.1) is 0 Å². The zero-order chi connectivity index (χ0) is 26.5. The number of hydrogen-bond acceptors (Lipinski definition) is 3. The molecule has 3 aromatic rings. The molecule has 0 atom stereocenters. The Kier molecular flexibility index (Phi) is 7.93. The molecule has 36 heavy (non-hydrogen) atoms. The van der Waals surface area contributed by atoms with Gasteiger partial charge in [-0.2, -0.15) is 13.2 Å². The number of carboxylic acids is 1. The summed E-state index contributed by atoms with van der Waals surface area (Å²) in [6, 6.07) is 16.6. The van der Waals surface area contributed by atoms with Crippen LogP contribution in [0.4, 0.5) is 24.5 Å². The van der Waals surface area contributed by atoms with Crippen molar-refractivity contribution < 1.29 is 32.7 Å². The summed E-state index contributed by atoms with van der Waals surface area (Å²) >= 11 is 0. The molecule has 0 bridgehead atoms. The maximum Gasteiger partial charge on any atom is 0.416 e. The SMILES string of the molecule is CC(C)c1ccc(/C=C(/C(=O)Nc2cccc(C(=O)O)c2)C(=O)Nc2cccc(C(F)(F)F)c2)cc1. The minimum absolute atomic E-state index is 0.0731.